The van der Waals surface area contributed by atoms with Gasteiger partial charge in [-0.1, -0.05) is 62.7 Å². The molecule has 3 aromatic carbocycles. The quantitative estimate of drug-likeness (QED) is 0.302. The number of aryl methyl sites for hydroxylation is 1. The lowest BCUT2D eigenvalue weighted by Crippen LogP contribution is -2.60. The third kappa shape index (κ3) is 8.38. The summed E-state index contributed by atoms with van der Waals surface area (Å²) in [6, 6.07) is 21.3. The van der Waals surface area contributed by atoms with Gasteiger partial charge in [0, 0.05) is 40.9 Å². The molecule has 1 heterocycles. The number of piperidine rings is 1. The highest BCUT2D eigenvalue weighted by Gasteiger charge is 2.44. The van der Waals surface area contributed by atoms with Crippen LogP contribution in [-0.4, -0.2) is 41.3 Å². The van der Waals surface area contributed by atoms with Crippen LogP contribution in [0.25, 0.3) is 0 Å². The maximum absolute atomic E-state index is 12.7. The van der Waals surface area contributed by atoms with Gasteiger partial charge < -0.3 is 9.47 Å². The molecule has 0 spiro atoms. The number of carbonyl (C=O) groups excluding carboxylic acids is 2. The molecule has 230 valence electrons. The number of rotatable bonds is 6. The van der Waals surface area contributed by atoms with Gasteiger partial charge in [0.05, 0.1) is 0 Å². The van der Waals surface area contributed by atoms with Crippen LogP contribution in [0, 0.1) is 6.92 Å². The largest absolute Gasteiger partial charge is 0.446 e. The summed E-state index contributed by atoms with van der Waals surface area (Å²) in [4.78, 5) is 27.7. The van der Waals surface area contributed by atoms with Crippen molar-refractivity contribution >= 4 is 23.6 Å². The van der Waals surface area contributed by atoms with E-state index in [1.54, 1.807) is 0 Å². The third-order valence-electron chi connectivity index (χ3n) is 8.50. The van der Waals surface area contributed by atoms with Gasteiger partial charge in [-0.15, -0.1) is 0 Å². The number of hydrogen-bond donors (Lipinski definition) is 2. The van der Waals surface area contributed by atoms with E-state index >= 15 is 0 Å². The van der Waals surface area contributed by atoms with E-state index in [-0.39, 0.29) is 22.6 Å². The van der Waals surface area contributed by atoms with Crippen molar-refractivity contribution in [1.29, 1.82) is 0 Å². The fourth-order valence-electron chi connectivity index (χ4n) is 5.87. The van der Waals surface area contributed by atoms with Gasteiger partial charge in [0.1, 0.15) is 11.9 Å². The molecule has 0 atom stereocenters. The first-order chi connectivity index (χ1) is 20.0. The SMILES string of the molecule is Cc1ccc(OC(=O)Nc2ccc(Cc3ccc(NC(=O)OC4CC(C)(C)N(C)C(C)(C)C4)cc3)cc2)c(C(C)(C)C)c1. The van der Waals surface area contributed by atoms with E-state index in [0.717, 1.165) is 35.1 Å². The minimum Gasteiger partial charge on any atom is -0.446 e. The molecule has 7 nitrogen and oxygen atoms in total. The summed E-state index contributed by atoms with van der Waals surface area (Å²) in [6.45, 7) is 17.1. The standard InChI is InChI=1S/C36H47N3O4/c1-24-10-19-31(30(20-24)34(2,3)4)43-33(41)38-28-17-13-26(14-18-28)21-25-11-15-27(16-12-25)37-32(40)42-29-22-35(5,6)39(9)36(7,8)23-29/h10-20,29H,21-23H2,1-9H3,(H,37,40)(H,38,41). The average molecular weight is 586 g/mol. The number of anilines is 2. The molecule has 0 aliphatic carbocycles. The molecule has 0 bridgehead atoms. The van der Waals surface area contributed by atoms with E-state index in [1.165, 1.54) is 0 Å². The van der Waals surface area contributed by atoms with Crippen molar-refractivity contribution < 1.29 is 19.1 Å². The number of amides is 2. The van der Waals surface area contributed by atoms with E-state index in [2.05, 4.69) is 77.1 Å². The molecule has 4 rings (SSSR count). The van der Waals surface area contributed by atoms with Crippen LogP contribution >= 0.6 is 0 Å². The zero-order valence-electron chi connectivity index (χ0n) is 27.1. The minimum absolute atomic E-state index is 0.0521. The van der Waals surface area contributed by atoms with Gasteiger partial charge in [0.15, 0.2) is 0 Å². The molecule has 2 N–H and O–H groups in total. The molecule has 0 aromatic heterocycles. The summed E-state index contributed by atoms with van der Waals surface area (Å²) in [5, 5.41) is 5.70. The van der Waals surface area contributed by atoms with Crippen LogP contribution in [0.1, 0.15) is 83.6 Å². The molecule has 1 aliphatic rings. The molecule has 0 saturated carbocycles. The van der Waals surface area contributed by atoms with Crippen LogP contribution in [0.3, 0.4) is 0 Å². The molecule has 1 fully saturated rings. The Labute approximate surface area is 257 Å². The molecule has 3 aromatic rings. The molecule has 1 aliphatic heterocycles. The lowest BCUT2D eigenvalue weighted by molar-refractivity contribution is -0.0659. The first kappa shape index (κ1) is 32.1. The van der Waals surface area contributed by atoms with Crippen molar-refractivity contribution in [3.05, 3.63) is 89.0 Å². The van der Waals surface area contributed by atoms with Crippen LogP contribution in [0.5, 0.6) is 5.75 Å². The summed E-state index contributed by atoms with van der Waals surface area (Å²) in [6.07, 6.45) is 1.22. The van der Waals surface area contributed by atoms with Crippen molar-refractivity contribution in [2.45, 2.75) is 97.2 Å². The zero-order valence-corrected chi connectivity index (χ0v) is 27.1. The molecule has 7 heteroatoms. The highest BCUT2D eigenvalue weighted by molar-refractivity contribution is 5.86. The number of nitrogens with one attached hydrogen (secondary N) is 2. The normalized spacial score (nSPS) is 16.8. The van der Waals surface area contributed by atoms with Crippen LogP contribution in [0.4, 0.5) is 21.0 Å². The summed E-state index contributed by atoms with van der Waals surface area (Å²) >= 11 is 0. The molecular weight excluding hydrogens is 538 g/mol. The van der Waals surface area contributed by atoms with Crippen LogP contribution in [0.15, 0.2) is 66.7 Å². The Morgan fingerprint density at radius 1 is 0.814 bits per heavy atom. The highest BCUT2D eigenvalue weighted by atomic mass is 16.6. The van der Waals surface area contributed by atoms with E-state index in [9.17, 15) is 9.59 Å². The highest BCUT2D eigenvalue weighted by Crippen LogP contribution is 2.38. The fraction of sp³-hybridized carbons (Fsp3) is 0.444. The second-order valence-corrected chi connectivity index (χ2v) is 14.1. The first-order valence-corrected chi connectivity index (χ1v) is 15.0. The summed E-state index contributed by atoms with van der Waals surface area (Å²) in [5.74, 6) is 0.563. The van der Waals surface area contributed by atoms with Crippen LogP contribution in [0.2, 0.25) is 0 Å². The monoisotopic (exact) mass is 585 g/mol. The van der Waals surface area contributed by atoms with Crippen molar-refractivity contribution in [2.24, 2.45) is 0 Å². The predicted molar refractivity (Wildman–Crippen MR) is 174 cm³/mol. The van der Waals surface area contributed by atoms with Gasteiger partial charge in [-0.25, -0.2) is 9.59 Å². The van der Waals surface area contributed by atoms with Crippen LogP contribution < -0.4 is 15.4 Å². The number of hydrogen-bond acceptors (Lipinski definition) is 5. The smallest absolute Gasteiger partial charge is 0.417 e. The Morgan fingerprint density at radius 2 is 1.30 bits per heavy atom. The second-order valence-electron chi connectivity index (χ2n) is 14.1. The Morgan fingerprint density at radius 3 is 1.79 bits per heavy atom. The minimum atomic E-state index is -0.521. The Balaban J connectivity index is 1.28. The van der Waals surface area contributed by atoms with Gasteiger partial charge in [0.25, 0.3) is 0 Å². The van der Waals surface area contributed by atoms with Gasteiger partial charge in [-0.3, -0.25) is 15.5 Å². The van der Waals surface area contributed by atoms with E-state index in [4.69, 9.17) is 9.47 Å². The Kier molecular flexibility index (Phi) is 9.26. The Bertz CT molecular complexity index is 1420. The lowest BCUT2D eigenvalue weighted by Gasteiger charge is -2.53. The fourth-order valence-corrected chi connectivity index (χ4v) is 5.87. The lowest BCUT2D eigenvalue weighted by atomic mass is 9.79. The number of carbonyl (C=O) groups is 2. The molecule has 2 amide bonds. The third-order valence-corrected chi connectivity index (χ3v) is 8.50. The van der Waals surface area contributed by atoms with Crippen molar-refractivity contribution in [1.82, 2.24) is 4.90 Å². The van der Waals surface area contributed by atoms with Crippen molar-refractivity contribution in [3.63, 3.8) is 0 Å². The topological polar surface area (TPSA) is 79.9 Å². The number of likely N-dealkylation sites (tertiary alicyclic amines) is 1. The number of benzene rings is 3. The average Bonchev–Trinajstić information content (AvgIpc) is 2.89. The van der Waals surface area contributed by atoms with Crippen molar-refractivity contribution in [3.8, 4) is 5.75 Å². The number of nitrogens with zero attached hydrogens (tertiary/aromatic N) is 1. The maximum Gasteiger partial charge on any atom is 0.417 e. The second kappa shape index (κ2) is 12.4. The van der Waals surface area contributed by atoms with Crippen LogP contribution in [-0.2, 0) is 16.6 Å². The number of ether oxygens (including phenoxy) is 2. The summed E-state index contributed by atoms with van der Waals surface area (Å²) < 4.78 is 11.5. The van der Waals surface area contributed by atoms with Gasteiger partial charge >= 0.3 is 12.2 Å². The molecule has 43 heavy (non-hydrogen) atoms. The maximum atomic E-state index is 12.7. The van der Waals surface area contributed by atoms with E-state index < -0.39 is 12.2 Å². The first-order valence-electron chi connectivity index (χ1n) is 15.0. The molecule has 0 unspecified atom stereocenters. The zero-order chi connectivity index (χ0) is 31.6. The summed E-state index contributed by atoms with van der Waals surface area (Å²) in [5.41, 5.74) is 5.41. The van der Waals surface area contributed by atoms with Crippen molar-refractivity contribution in [2.75, 3.05) is 17.7 Å². The summed E-state index contributed by atoms with van der Waals surface area (Å²) in [7, 11) is 2.13. The Hall–Kier alpha value is -3.84. The molecule has 0 radical (unpaired) electrons. The van der Waals surface area contributed by atoms with E-state index in [1.807, 2.05) is 67.6 Å². The molecular formula is C36H47N3O4. The van der Waals surface area contributed by atoms with E-state index in [0.29, 0.717) is 23.5 Å². The van der Waals surface area contributed by atoms with Gasteiger partial charge in [-0.2, -0.15) is 0 Å². The van der Waals surface area contributed by atoms with Gasteiger partial charge in [-0.05, 0) is 95.0 Å². The predicted octanol–water partition coefficient (Wildman–Crippen LogP) is 8.69. The van der Waals surface area contributed by atoms with Gasteiger partial charge in [0.2, 0.25) is 0 Å². The molecule has 1 saturated heterocycles.